The number of halogens is 1. The first-order valence-electron chi connectivity index (χ1n) is 13.8. The molecule has 3 amide bonds. The number of esters is 1. The molecular formula is C30H30FN5O7. The number of amides is 3. The van der Waals surface area contributed by atoms with Crippen molar-refractivity contribution in [1.82, 2.24) is 20.4 Å². The smallest absolute Gasteiger partial charge is 0.333 e. The van der Waals surface area contributed by atoms with Crippen LogP contribution in [0.3, 0.4) is 0 Å². The van der Waals surface area contributed by atoms with E-state index in [4.69, 9.17) is 9.26 Å². The van der Waals surface area contributed by atoms with E-state index in [1.165, 1.54) is 53.2 Å². The maximum atomic E-state index is 13.9. The normalized spacial score (nSPS) is 18.7. The molecule has 4 heterocycles. The van der Waals surface area contributed by atoms with Gasteiger partial charge in [0.25, 0.3) is 11.5 Å². The van der Waals surface area contributed by atoms with Gasteiger partial charge < -0.3 is 29.8 Å². The summed E-state index contributed by atoms with van der Waals surface area (Å²) in [6.07, 6.45) is 4.20. The van der Waals surface area contributed by atoms with Crippen molar-refractivity contribution < 1.29 is 32.8 Å². The number of ether oxygens (including phenoxy) is 1. The maximum absolute atomic E-state index is 13.9. The molecule has 2 aliphatic rings. The predicted molar refractivity (Wildman–Crippen MR) is 150 cm³/mol. The highest BCUT2D eigenvalue weighted by Gasteiger charge is 2.31. The second-order valence-corrected chi connectivity index (χ2v) is 10.5. The summed E-state index contributed by atoms with van der Waals surface area (Å²) in [4.78, 5) is 64.7. The first-order valence-corrected chi connectivity index (χ1v) is 13.8. The third-order valence-corrected chi connectivity index (χ3v) is 7.36. The molecule has 12 nitrogen and oxygen atoms in total. The van der Waals surface area contributed by atoms with E-state index in [1.807, 2.05) is 0 Å². The highest BCUT2D eigenvalue weighted by atomic mass is 19.1. The Kier molecular flexibility index (Phi) is 8.79. The fourth-order valence-electron chi connectivity index (χ4n) is 5.14. The summed E-state index contributed by atoms with van der Waals surface area (Å²) in [5.74, 6) is -2.30. The summed E-state index contributed by atoms with van der Waals surface area (Å²) in [5, 5.41) is 11.9. The number of carbonyl (C=O) groups is 4. The van der Waals surface area contributed by atoms with Crippen molar-refractivity contribution in [2.24, 2.45) is 5.92 Å². The van der Waals surface area contributed by atoms with Crippen molar-refractivity contribution in [2.45, 2.75) is 44.7 Å². The van der Waals surface area contributed by atoms with Gasteiger partial charge >= 0.3 is 5.97 Å². The molecule has 1 aromatic carbocycles. The fourth-order valence-corrected chi connectivity index (χ4v) is 5.14. The number of benzene rings is 1. The van der Waals surface area contributed by atoms with Crippen molar-refractivity contribution in [1.29, 1.82) is 0 Å². The third kappa shape index (κ3) is 7.05. The number of nitrogens with zero attached hydrogens (tertiary/aromatic N) is 2. The van der Waals surface area contributed by atoms with Gasteiger partial charge in [-0.3, -0.25) is 19.2 Å². The maximum Gasteiger partial charge on any atom is 0.333 e. The Morgan fingerprint density at radius 2 is 2.00 bits per heavy atom. The van der Waals surface area contributed by atoms with E-state index in [9.17, 15) is 28.4 Å². The van der Waals surface area contributed by atoms with Crippen LogP contribution in [-0.2, 0) is 25.5 Å². The number of anilines is 1. The van der Waals surface area contributed by atoms with E-state index in [1.54, 1.807) is 13.0 Å². The molecule has 13 heteroatoms. The molecule has 2 aromatic heterocycles. The Labute approximate surface area is 245 Å². The molecule has 2 aliphatic heterocycles. The Balaban J connectivity index is 1.46. The summed E-state index contributed by atoms with van der Waals surface area (Å²) < 4.78 is 24.8. The first kappa shape index (κ1) is 29.4. The third-order valence-electron chi connectivity index (χ3n) is 7.36. The summed E-state index contributed by atoms with van der Waals surface area (Å²) in [5.41, 5.74) is 0.183. The number of aromatic nitrogens is 2. The van der Waals surface area contributed by atoms with Gasteiger partial charge in [0.1, 0.15) is 23.3 Å². The number of cyclic esters (lactones) is 1. The van der Waals surface area contributed by atoms with Gasteiger partial charge in [-0.05, 0) is 49.6 Å². The van der Waals surface area contributed by atoms with Crippen molar-refractivity contribution in [3.05, 3.63) is 93.5 Å². The topological polar surface area (TPSA) is 162 Å². The van der Waals surface area contributed by atoms with E-state index in [0.29, 0.717) is 36.3 Å². The lowest BCUT2D eigenvalue weighted by molar-refractivity contribution is -0.135. The van der Waals surface area contributed by atoms with Crippen LogP contribution in [0.5, 0.6) is 0 Å². The van der Waals surface area contributed by atoms with Crippen LogP contribution >= 0.6 is 0 Å². The van der Waals surface area contributed by atoms with E-state index >= 15 is 0 Å². The van der Waals surface area contributed by atoms with Crippen LogP contribution in [-0.4, -0.2) is 52.6 Å². The number of hydrogen-bond acceptors (Lipinski definition) is 8. The fraction of sp³-hybridized carbons (Fsp3) is 0.333. The van der Waals surface area contributed by atoms with Gasteiger partial charge in [-0.2, -0.15) is 0 Å². The zero-order chi connectivity index (χ0) is 30.5. The molecule has 0 aliphatic carbocycles. The van der Waals surface area contributed by atoms with Crippen molar-refractivity contribution >= 4 is 29.4 Å². The molecule has 2 fully saturated rings. The second-order valence-electron chi connectivity index (χ2n) is 10.5. The van der Waals surface area contributed by atoms with Gasteiger partial charge in [0.05, 0.1) is 6.61 Å². The zero-order valence-electron chi connectivity index (χ0n) is 23.3. The molecule has 43 heavy (non-hydrogen) atoms. The lowest BCUT2D eigenvalue weighted by Crippen LogP contribution is -2.44. The molecule has 3 atom stereocenters. The average molecular weight is 592 g/mol. The van der Waals surface area contributed by atoms with Gasteiger partial charge in [0.2, 0.25) is 11.8 Å². The molecule has 2 saturated heterocycles. The quantitative estimate of drug-likeness (QED) is 0.239. The van der Waals surface area contributed by atoms with Crippen LogP contribution < -0.4 is 21.5 Å². The predicted octanol–water partition coefficient (Wildman–Crippen LogP) is 2.20. The minimum absolute atomic E-state index is 0.00114. The van der Waals surface area contributed by atoms with E-state index in [-0.39, 0.29) is 42.7 Å². The largest absolute Gasteiger partial charge is 0.462 e. The van der Waals surface area contributed by atoms with Crippen LogP contribution in [0.15, 0.2) is 69.6 Å². The molecule has 1 unspecified atom stereocenters. The van der Waals surface area contributed by atoms with E-state index in [2.05, 4.69) is 21.1 Å². The Hall–Kier alpha value is -5.07. The molecule has 3 aromatic rings. The second kappa shape index (κ2) is 12.8. The molecule has 0 radical (unpaired) electrons. The summed E-state index contributed by atoms with van der Waals surface area (Å²) in [7, 11) is 0. The average Bonchev–Trinajstić information content (AvgIpc) is 3.71. The SMILES string of the molecule is Cc1cc(C(=O)Nc2cccn([C@@H](Cc3ccc(F)cc3)C(=O)NC(/C=C3\CCOC3=O)C[C@@H]3CCNC3=O)c2=O)no1. The first-order chi connectivity index (χ1) is 20.7. The molecule has 0 spiro atoms. The van der Waals surface area contributed by atoms with Gasteiger partial charge in [0, 0.05) is 49.2 Å². The molecule has 0 saturated carbocycles. The minimum atomic E-state index is -1.14. The van der Waals surface area contributed by atoms with Gasteiger partial charge in [-0.1, -0.05) is 23.4 Å². The van der Waals surface area contributed by atoms with Crippen LogP contribution in [0.25, 0.3) is 0 Å². The van der Waals surface area contributed by atoms with Crippen molar-refractivity contribution in [2.75, 3.05) is 18.5 Å². The molecule has 3 N–H and O–H groups in total. The lowest BCUT2D eigenvalue weighted by atomic mass is 9.95. The van der Waals surface area contributed by atoms with Crippen LogP contribution in [0, 0.1) is 18.7 Å². The van der Waals surface area contributed by atoms with Gasteiger partial charge in [0.15, 0.2) is 5.69 Å². The number of carbonyl (C=O) groups excluding carboxylic acids is 4. The highest BCUT2D eigenvalue weighted by molar-refractivity contribution is 6.02. The number of hydrogen-bond donors (Lipinski definition) is 3. The summed E-state index contributed by atoms with van der Waals surface area (Å²) in [6.45, 7) is 2.36. The van der Waals surface area contributed by atoms with Crippen LogP contribution in [0.1, 0.15) is 47.1 Å². The summed E-state index contributed by atoms with van der Waals surface area (Å²) in [6, 6.07) is 7.99. The molecule has 224 valence electrons. The van der Waals surface area contributed by atoms with E-state index < -0.39 is 41.2 Å². The highest BCUT2D eigenvalue weighted by Crippen LogP contribution is 2.22. The van der Waals surface area contributed by atoms with E-state index in [0.717, 1.165) is 0 Å². The monoisotopic (exact) mass is 591 g/mol. The standard InChI is InChI=1S/C30H30FN5O7/c1-17-13-24(35-43-17)27(38)34-23-3-2-11-36(29(23)40)25(14-18-4-6-21(31)7-5-18)28(39)33-22(15-19-8-10-32-26(19)37)16-20-9-12-42-30(20)41/h2-7,11,13,16,19,22,25H,8-10,12,14-15H2,1H3,(H,32,37)(H,33,39)(H,34,38)/b20-16+/t19-,22?,25-/m0/s1. The number of nitrogens with one attached hydrogen (secondary N) is 3. The molecule has 0 bridgehead atoms. The Morgan fingerprint density at radius 3 is 2.65 bits per heavy atom. The zero-order valence-corrected chi connectivity index (χ0v) is 23.3. The van der Waals surface area contributed by atoms with Crippen LogP contribution in [0.2, 0.25) is 0 Å². The molecular weight excluding hydrogens is 561 g/mol. The van der Waals surface area contributed by atoms with Crippen LogP contribution in [0.4, 0.5) is 10.1 Å². The lowest BCUT2D eigenvalue weighted by Gasteiger charge is -2.24. The number of pyridine rings is 1. The van der Waals surface area contributed by atoms with Gasteiger partial charge in [-0.15, -0.1) is 0 Å². The van der Waals surface area contributed by atoms with Crippen molar-refractivity contribution in [3.8, 4) is 0 Å². The Morgan fingerprint density at radius 1 is 1.21 bits per heavy atom. The van der Waals surface area contributed by atoms with Crippen molar-refractivity contribution in [3.63, 3.8) is 0 Å². The summed E-state index contributed by atoms with van der Waals surface area (Å²) >= 11 is 0. The minimum Gasteiger partial charge on any atom is -0.462 e. The number of rotatable bonds is 10. The number of aryl methyl sites for hydroxylation is 1. The van der Waals surface area contributed by atoms with Gasteiger partial charge in [-0.25, -0.2) is 9.18 Å². The molecule has 5 rings (SSSR count). The Bertz CT molecular complexity index is 1630.